The Balaban J connectivity index is 1.32. The van der Waals surface area contributed by atoms with Gasteiger partial charge in [0, 0.05) is 12.2 Å². The van der Waals surface area contributed by atoms with Crippen molar-refractivity contribution in [3.05, 3.63) is 64.2 Å². The number of rotatable bonds is 7. The molecule has 0 spiro atoms. The van der Waals surface area contributed by atoms with Gasteiger partial charge >= 0.3 is 0 Å². The van der Waals surface area contributed by atoms with Gasteiger partial charge in [0.15, 0.2) is 0 Å². The molecule has 8 heteroatoms. The van der Waals surface area contributed by atoms with E-state index >= 15 is 0 Å². The van der Waals surface area contributed by atoms with Crippen molar-refractivity contribution in [1.29, 1.82) is 0 Å². The van der Waals surface area contributed by atoms with Crippen molar-refractivity contribution in [2.45, 2.75) is 50.1 Å². The molecule has 0 saturated carbocycles. The maximum Gasteiger partial charge on any atom is 0.275 e. The minimum Gasteiger partial charge on any atom is -0.322 e. The summed E-state index contributed by atoms with van der Waals surface area (Å²) in [6, 6.07) is 12.1. The number of aromatic amines is 1. The van der Waals surface area contributed by atoms with E-state index in [1.807, 2.05) is 30.3 Å². The number of nitrogens with zero attached hydrogens (tertiary/aromatic N) is 2. The highest BCUT2D eigenvalue weighted by Crippen LogP contribution is 2.39. The van der Waals surface area contributed by atoms with E-state index in [9.17, 15) is 8.42 Å². The zero-order valence-electron chi connectivity index (χ0n) is 16.7. The highest BCUT2D eigenvalue weighted by molar-refractivity contribution is 7.89. The molecule has 0 fully saturated rings. The summed E-state index contributed by atoms with van der Waals surface area (Å²) < 4.78 is 27.8. The van der Waals surface area contributed by atoms with Crippen LogP contribution in [0.15, 0.2) is 41.6 Å². The number of H-pyrrole nitrogens is 1. The van der Waals surface area contributed by atoms with Crippen molar-refractivity contribution in [2.24, 2.45) is 0 Å². The molecule has 30 heavy (non-hydrogen) atoms. The minimum absolute atomic E-state index is 0.165. The minimum atomic E-state index is -3.74. The molecule has 1 aromatic heterocycles. The fourth-order valence-corrected chi connectivity index (χ4v) is 5.42. The molecule has 156 valence electrons. The van der Waals surface area contributed by atoms with Crippen molar-refractivity contribution in [1.82, 2.24) is 19.9 Å². The lowest BCUT2D eigenvalue weighted by Gasteiger charge is -2.15. The van der Waals surface area contributed by atoms with Crippen LogP contribution in [-0.4, -0.2) is 30.1 Å². The van der Waals surface area contributed by atoms with Gasteiger partial charge in [-0.2, -0.15) is 4.98 Å². The van der Waals surface area contributed by atoms with Gasteiger partial charge in [-0.3, -0.25) is 0 Å². The number of sulfonamides is 1. The topological polar surface area (TPSA) is 99.8 Å². The molecule has 3 aromatic rings. The molecule has 1 heterocycles. The summed E-state index contributed by atoms with van der Waals surface area (Å²) in [6.45, 7) is 0.301. The third kappa shape index (κ3) is 3.73. The van der Waals surface area contributed by atoms with Gasteiger partial charge in [0.1, 0.15) is 0 Å². The van der Waals surface area contributed by atoms with E-state index in [4.69, 9.17) is 0 Å². The van der Waals surface area contributed by atoms with E-state index in [-0.39, 0.29) is 5.16 Å². The Bertz CT molecular complexity index is 1140. The number of anilines is 2. The zero-order valence-corrected chi connectivity index (χ0v) is 17.6. The molecule has 0 atom stereocenters. The van der Waals surface area contributed by atoms with Crippen molar-refractivity contribution < 1.29 is 8.42 Å². The van der Waals surface area contributed by atoms with Gasteiger partial charge in [0.05, 0.1) is 0 Å². The van der Waals surface area contributed by atoms with Crippen LogP contribution in [0.25, 0.3) is 0 Å². The molecule has 0 amide bonds. The van der Waals surface area contributed by atoms with Crippen LogP contribution in [0.1, 0.15) is 40.7 Å². The van der Waals surface area contributed by atoms with Crippen molar-refractivity contribution in [3.63, 3.8) is 0 Å². The maximum atomic E-state index is 12.6. The maximum absolute atomic E-state index is 12.6. The van der Waals surface area contributed by atoms with Gasteiger partial charge in [-0.25, -0.2) is 18.2 Å². The summed E-state index contributed by atoms with van der Waals surface area (Å²) in [7, 11) is -3.74. The van der Waals surface area contributed by atoms with E-state index in [0.717, 1.165) is 49.8 Å². The number of benzene rings is 2. The summed E-state index contributed by atoms with van der Waals surface area (Å²) in [5.74, 6) is 0.299. The second kappa shape index (κ2) is 7.85. The number of fused-ring (bicyclic) bond motifs is 2. The van der Waals surface area contributed by atoms with E-state index in [2.05, 4.69) is 31.3 Å². The van der Waals surface area contributed by atoms with Crippen LogP contribution in [0, 0.1) is 0 Å². The third-order valence-electron chi connectivity index (χ3n) is 5.98. The molecular weight excluding hydrogens is 398 g/mol. The molecule has 0 unspecified atom stereocenters. The van der Waals surface area contributed by atoms with Crippen LogP contribution in [0.4, 0.5) is 11.6 Å². The second-order valence-corrected chi connectivity index (χ2v) is 9.64. The first kappa shape index (κ1) is 19.3. The van der Waals surface area contributed by atoms with Crippen molar-refractivity contribution >= 4 is 21.7 Å². The monoisotopic (exact) mass is 423 g/mol. The molecule has 0 radical (unpaired) electrons. The molecule has 2 aliphatic carbocycles. The predicted octanol–water partition coefficient (Wildman–Crippen LogP) is 3.05. The van der Waals surface area contributed by atoms with Crippen LogP contribution in [-0.2, 0) is 42.1 Å². The highest BCUT2D eigenvalue weighted by Gasteiger charge is 2.25. The third-order valence-corrected chi connectivity index (χ3v) is 7.25. The first-order valence-corrected chi connectivity index (χ1v) is 12.0. The van der Waals surface area contributed by atoms with Gasteiger partial charge in [0.25, 0.3) is 15.2 Å². The molecular formula is C22H25N5O2S. The molecule has 0 aliphatic heterocycles. The second-order valence-electron chi connectivity index (χ2n) is 7.96. The normalized spacial score (nSPS) is 15.2. The smallest absolute Gasteiger partial charge is 0.275 e. The van der Waals surface area contributed by atoms with Gasteiger partial charge < -0.3 is 5.32 Å². The summed E-state index contributed by atoms with van der Waals surface area (Å²) in [5, 5.41) is 9.87. The summed E-state index contributed by atoms with van der Waals surface area (Å²) in [4.78, 5) is 4.23. The molecule has 0 bridgehead atoms. The molecule has 5 rings (SSSR count). The fourth-order valence-electron chi connectivity index (χ4n) is 4.54. The largest absolute Gasteiger partial charge is 0.322 e. The fraction of sp³-hybridized carbons (Fsp3) is 0.364. The van der Waals surface area contributed by atoms with Crippen LogP contribution < -0.4 is 10.0 Å². The van der Waals surface area contributed by atoms with E-state index in [1.54, 1.807) is 0 Å². The zero-order chi connectivity index (χ0) is 20.6. The average molecular weight is 424 g/mol. The molecule has 0 saturated heterocycles. The van der Waals surface area contributed by atoms with E-state index in [0.29, 0.717) is 18.9 Å². The van der Waals surface area contributed by atoms with E-state index in [1.165, 1.54) is 22.3 Å². The standard InChI is InChI=1S/C22H25N5O2S/c28-30(29,23-13-12-15-6-2-1-3-7-15)22-25-21(26-27-22)24-20-18-10-4-8-16(18)14-17-9-5-11-19(17)20/h1-3,6-7,14,23H,4-5,8-13H2,(H2,24,25,26,27). The van der Waals surface area contributed by atoms with E-state index < -0.39 is 10.0 Å². The lowest BCUT2D eigenvalue weighted by Crippen LogP contribution is -2.27. The van der Waals surface area contributed by atoms with Crippen LogP contribution in [0.3, 0.4) is 0 Å². The van der Waals surface area contributed by atoms with Gasteiger partial charge in [-0.05, 0) is 72.8 Å². The Morgan fingerprint density at radius 1 is 0.967 bits per heavy atom. The Labute approximate surface area is 176 Å². The Morgan fingerprint density at radius 3 is 2.37 bits per heavy atom. The van der Waals surface area contributed by atoms with Crippen LogP contribution in [0.2, 0.25) is 0 Å². The molecule has 2 aliphatic rings. The van der Waals surface area contributed by atoms with Gasteiger partial charge in [-0.15, -0.1) is 5.10 Å². The average Bonchev–Trinajstić information content (AvgIpc) is 3.49. The number of aryl methyl sites for hydroxylation is 2. The Morgan fingerprint density at radius 2 is 1.67 bits per heavy atom. The number of hydrogen-bond acceptors (Lipinski definition) is 5. The SMILES string of the molecule is O=S(=O)(NCCc1ccccc1)c1nc(Nc2c3c(cc4c2CCC4)CCC3)n[nH]1. The lowest BCUT2D eigenvalue weighted by atomic mass is 9.99. The van der Waals surface area contributed by atoms with Gasteiger partial charge in [-0.1, -0.05) is 36.4 Å². The van der Waals surface area contributed by atoms with Gasteiger partial charge in [0.2, 0.25) is 5.95 Å². The summed E-state index contributed by atoms with van der Waals surface area (Å²) in [6.07, 6.45) is 7.23. The highest BCUT2D eigenvalue weighted by atomic mass is 32.2. The van der Waals surface area contributed by atoms with Crippen molar-refractivity contribution in [3.8, 4) is 0 Å². The van der Waals surface area contributed by atoms with Crippen molar-refractivity contribution in [2.75, 3.05) is 11.9 Å². The first-order valence-electron chi connectivity index (χ1n) is 10.5. The Kier molecular flexibility index (Phi) is 5.04. The predicted molar refractivity (Wildman–Crippen MR) is 115 cm³/mol. The summed E-state index contributed by atoms with van der Waals surface area (Å²) in [5.41, 5.74) is 7.66. The molecule has 7 nitrogen and oxygen atoms in total. The van der Waals surface area contributed by atoms with Crippen LogP contribution >= 0.6 is 0 Å². The number of aromatic nitrogens is 3. The quantitative estimate of drug-likeness (QED) is 0.542. The first-order chi connectivity index (χ1) is 14.6. The number of hydrogen-bond donors (Lipinski definition) is 3. The number of nitrogens with one attached hydrogen (secondary N) is 3. The molecule has 3 N–H and O–H groups in total. The van der Waals surface area contributed by atoms with Crippen LogP contribution in [0.5, 0.6) is 0 Å². The lowest BCUT2D eigenvalue weighted by molar-refractivity contribution is 0.573. The Hall–Kier alpha value is -2.71. The molecule has 2 aromatic carbocycles. The summed E-state index contributed by atoms with van der Waals surface area (Å²) >= 11 is 0.